The maximum atomic E-state index is 11.5. The summed E-state index contributed by atoms with van der Waals surface area (Å²) in [6.45, 7) is 1.93. The molecule has 0 aliphatic rings. The van der Waals surface area contributed by atoms with E-state index in [0.29, 0.717) is 12.1 Å². The molecule has 0 radical (unpaired) electrons. The maximum absolute atomic E-state index is 11.5. The van der Waals surface area contributed by atoms with Gasteiger partial charge in [-0.25, -0.2) is 0 Å². The molecular weight excluding hydrogens is 180 g/mol. The van der Waals surface area contributed by atoms with Gasteiger partial charge in [0, 0.05) is 12.2 Å². The van der Waals surface area contributed by atoms with E-state index in [2.05, 4.69) is 15.5 Å². The molecule has 0 spiro atoms. The molecule has 0 saturated carbocycles. The molecule has 0 bridgehead atoms. The lowest BCUT2D eigenvalue weighted by atomic mass is 10.1. The summed E-state index contributed by atoms with van der Waals surface area (Å²) in [5.74, 6) is -0.218. The Hall–Kier alpha value is -1.83. The molecule has 1 atom stereocenters. The normalized spacial score (nSPS) is 11.7. The standard InChI is InChI=1S/C9H12N4O/c1-2-7(3-5-10)12-9(14)8-4-6-11-13-8/h4,6-7H,2-3H2,1H3,(H,11,13)(H,12,14). The van der Waals surface area contributed by atoms with Crippen molar-refractivity contribution in [1.82, 2.24) is 15.5 Å². The minimum atomic E-state index is -0.218. The zero-order chi connectivity index (χ0) is 10.4. The smallest absolute Gasteiger partial charge is 0.269 e. The van der Waals surface area contributed by atoms with Gasteiger partial charge in [0.05, 0.1) is 12.5 Å². The highest BCUT2D eigenvalue weighted by Crippen LogP contribution is 1.99. The van der Waals surface area contributed by atoms with Crippen LogP contribution in [-0.2, 0) is 0 Å². The Morgan fingerprint density at radius 1 is 1.86 bits per heavy atom. The topological polar surface area (TPSA) is 81.6 Å². The summed E-state index contributed by atoms with van der Waals surface area (Å²) in [4.78, 5) is 11.5. The third-order valence-corrected chi connectivity index (χ3v) is 1.91. The molecule has 5 heteroatoms. The van der Waals surface area contributed by atoms with Gasteiger partial charge in [-0.2, -0.15) is 10.4 Å². The van der Waals surface area contributed by atoms with Crippen LogP contribution < -0.4 is 5.32 Å². The van der Waals surface area contributed by atoms with Gasteiger partial charge < -0.3 is 5.32 Å². The average Bonchev–Trinajstić information content (AvgIpc) is 2.69. The number of hydrogen-bond acceptors (Lipinski definition) is 3. The number of H-pyrrole nitrogens is 1. The number of hydrogen-bond donors (Lipinski definition) is 2. The van der Waals surface area contributed by atoms with Crippen molar-refractivity contribution in [2.75, 3.05) is 0 Å². The van der Waals surface area contributed by atoms with Crippen LogP contribution in [0.5, 0.6) is 0 Å². The fraction of sp³-hybridized carbons (Fsp3) is 0.444. The van der Waals surface area contributed by atoms with E-state index in [1.54, 1.807) is 6.07 Å². The minimum absolute atomic E-state index is 0.0872. The predicted molar refractivity (Wildman–Crippen MR) is 50.4 cm³/mol. The van der Waals surface area contributed by atoms with Crippen molar-refractivity contribution in [3.63, 3.8) is 0 Å². The molecule has 0 aliphatic carbocycles. The van der Waals surface area contributed by atoms with E-state index in [1.165, 1.54) is 6.20 Å². The van der Waals surface area contributed by atoms with Gasteiger partial charge in [-0.15, -0.1) is 0 Å². The van der Waals surface area contributed by atoms with Crippen LogP contribution >= 0.6 is 0 Å². The number of carbonyl (C=O) groups is 1. The lowest BCUT2D eigenvalue weighted by Gasteiger charge is -2.12. The zero-order valence-corrected chi connectivity index (χ0v) is 7.95. The lowest BCUT2D eigenvalue weighted by molar-refractivity contribution is 0.0931. The SMILES string of the molecule is CCC(CC#N)NC(=O)c1ccn[nH]1. The van der Waals surface area contributed by atoms with Crippen LogP contribution in [0, 0.1) is 11.3 Å². The Morgan fingerprint density at radius 2 is 2.64 bits per heavy atom. The van der Waals surface area contributed by atoms with Crippen LogP contribution in [0.15, 0.2) is 12.3 Å². The number of carbonyl (C=O) groups excluding carboxylic acids is 1. The monoisotopic (exact) mass is 192 g/mol. The molecule has 1 heterocycles. The Balaban J connectivity index is 2.52. The van der Waals surface area contributed by atoms with E-state index in [4.69, 9.17) is 5.26 Å². The first kappa shape index (κ1) is 10.3. The minimum Gasteiger partial charge on any atom is -0.347 e. The lowest BCUT2D eigenvalue weighted by Crippen LogP contribution is -2.34. The zero-order valence-electron chi connectivity index (χ0n) is 7.95. The molecule has 0 aromatic carbocycles. The van der Waals surface area contributed by atoms with Gasteiger partial charge in [-0.1, -0.05) is 6.92 Å². The Morgan fingerprint density at radius 3 is 3.14 bits per heavy atom. The predicted octanol–water partition coefficient (Wildman–Crippen LogP) is 0.832. The summed E-state index contributed by atoms with van der Waals surface area (Å²) in [6, 6.07) is 3.53. The largest absolute Gasteiger partial charge is 0.347 e. The van der Waals surface area contributed by atoms with Gasteiger partial charge in [0.25, 0.3) is 5.91 Å². The molecular formula is C9H12N4O. The number of nitrogens with zero attached hydrogens (tertiary/aromatic N) is 2. The van der Waals surface area contributed by atoms with Crippen molar-refractivity contribution in [3.8, 4) is 6.07 Å². The van der Waals surface area contributed by atoms with Gasteiger partial charge in [0.15, 0.2) is 0 Å². The molecule has 1 aromatic heterocycles. The first-order chi connectivity index (χ1) is 6.77. The Kier molecular flexibility index (Phi) is 3.68. The maximum Gasteiger partial charge on any atom is 0.269 e. The van der Waals surface area contributed by atoms with Crippen LogP contribution in [0.3, 0.4) is 0 Å². The number of aromatic nitrogens is 2. The van der Waals surface area contributed by atoms with E-state index in [1.807, 2.05) is 13.0 Å². The summed E-state index contributed by atoms with van der Waals surface area (Å²) < 4.78 is 0. The van der Waals surface area contributed by atoms with Crippen molar-refractivity contribution in [2.45, 2.75) is 25.8 Å². The molecule has 1 amide bonds. The Bertz CT molecular complexity index is 325. The van der Waals surface area contributed by atoms with Crippen molar-refractivity contribution in [2.24, 2.45) is 0 Å². The highest BCUT2D eigenvalue weighted by Gasteiger charge is 2.12. The van der Waals surface area contributed by atoms with E-state index in [-0.39, 0.29) is 11.9 Å². The second-order valence-electron chi connectivity index (χ2n) is 2.91. The van der Waals surface area contributed by atoms with E-state index in [0.717, 1.165) is 6.42 Å². The number of rotatable bonds is 4. The number of nitriles is 1. The van der Waals surface area contributed by atoms with Gasteiger partial charge in [0.2, 0.25) is 0 Å². The number of nitrogens with one attached hydrogen (secondary N) is 2. The fourth-order valence-electron chi connectivity index (χ4n) is 1.05. The third-order valence-electron chi connectivity index (χ3n) is 1.91. The number of amides is 1. The van der Waals surface area contributed by atoms with Crippen LogP contribution in [-0.4, -0.2) is 22.1 Å². The summed E-state index contributed by atoms with van der Waals surface area (Å²) in [6.07, 6.45) is 2.59. The summed E-state index contributed by atoms with van der Waals surface area (Å²) in [7, 11) is 0. The molecule has 14 heavy (non-hydrogen) atoms. The van der Waals surface area contributed by atoms with Crippen LogP contribution in [0.1, 0.15) is 30.3 Å². The second-order valence-corrected chi connectivity index (χ2v) is 2.91. The van der Waals surface area contributed by atoms with Gasteiger partial charge in [-0.3, -0.25) is 9.89 Å². The highest BCUT2D eigenvalue weighted by atomic mass is 16.2. The first-order valence-electron chi connectivity index (χ1n) is 4.45. The Labute approximate surface area is 82.1 Å². The van der Waals surface area contributed by atoms with Gasteiger partial charge >= 0.3 is 0 Å². The quantitative estimate of drug-likeness (QED) is 0.741. The third kappa shape index (κ3) is 2.59. The van der Waals surface area contributed by atoms with E-state index in [9.17, 15) is 4.79 Å². The van der Waals surface area contributed by atoms with Gasteiger partial charge in [0.1, 0.15) is 5.69 Å². The number of aromatic amines is 1. The first-order valence-corrected chi connectivity index (χ1v) is 4.45. The molecule has 1 unspecified atom stereocenters. The molecule has 0 saturated heterocycles. The average molecular weight is 192 g/mol. The summed E-state index contributed by atoms with van der Waals surface area (Å²) in [5, 5.41) is 17.5. The van der Waals surface area contributed by atoms with Crippen LogP contribution in [0.25, 0.3) is 0 Å². The van der Waals surface area contributed by atoms with Gasteiger partial charge in [-0.05, 0) is 12.5 Å². The molecule has 0 fully saturated rings. The van der Waals surface area contributed by atoms with Crippen LogP contribution in [0.4, 0.5) is 0 Å². The van der Waals surface area contributed by atoms with Crippen molar-refractivity contribution >= 4 is 5.91 Å². The van der Waals surface area contributed by atoms with Crippen molar-refractivity contribution in [3.05, 3.63) is 18.0 Å². The fourth-order valence-corrected chi connectivity index (χ4v) is 1.05. The molecule has 0 aliphatic heterocycles. The summed E-state index contributed by atoms with van der Waals surface area (Å²) >= 11 is 0. The molecule has 1 rings (SSSR count). The van der Waals surface area contributed by atoms with E-state index < -0.39 is 0 Å². The second kappa shape index (κ2) is 5.02. The van der Waals surface area contributed by atoms with Crippen molar-refractivity contribution in [1.29, 1.82) is 5.26 Å². The highest BCUT2D eigenvalue weighted by molar-refractivity contribution is 5.92. The molecule has 1 aromatic rings. The van der Waals surface area contributed by atoms with Crippen LogP contribution in [0.2, 0.25) is 0 Å². The van der Waals surface area contributed by atoms with Crippen molar-refractivity contribution < 1.29 is 4.79 Å². The van der Waals surface area contributed by atoms with E-state index >= 15 is 0 Å². The molecule has 5 nitrogen and oxygen atoms in total. The molecule has 74 valence electrons. The molecule has 2 N–H and O–H groups in total. The summed E-state index contributed by atoms with van der Waals surface area (Å²) in [5.41, 5.74) is 0.418.